The molecule has 3 aromatic heterocycles. The summed E-state index contributed by atoms with van der Waals surface area (Å²) in [7, 11) is 0. The van der Waals surface area contributed by atoms with Crippen molar-refractivity contribution in [2.24, 2.45) is 0 Å². The van der Waals surface area contributed by atoms with Crippen molar-refractivity contribution in [3.63, 3.8) is 0 Å². The van der Waals surface area contributed by atoms with Gasteiger partial charge >= 0.3 is 0 Å². The number of thioether (sulfide) groups is 1. The third-order valence-corrected chi connectivity index (χ3v) is 5.61. The maximum absolute atomic E-state index is 12.1. The fourth-order valence-corrected chi connectivity index (χ4v) is 3.54. The molecule has 30 heavy (non-hydrogen) atoms. The molecular weight excluding hydrogens is 492 g/mol. The molecule has 4 aromatic rings. The van der Waals surface area contributed by atoms with Crippen molar-refractivity contribution >= 4 is 51.0 Å². The zero-order valence-corrected chi connectivity index (χ0v) is 18.4. The Labute approximate surface area is 188 Å². The van der Waals surface area contributed by atoms with Crippen LogP contribution in [0.2, 0.25) is 5.02 Å². The van der Waals surface area contributed by atoms with Crippen LogP contribution in [0.1, 0.15) is 0 Å². The molecule has 0 aliphatic carbocycles. The van der Waals surface area contributed by atoms with Crippen molar-refractivity contribution < 1.29 is 4.79 Å². The molecule has 0 bridgehead atoms. The van der Waals surface area contributed by atoms with Gasteiger partial charge in [0.05, 0.1) is 11.4 Å². The van der Waals surface area contributed by atoms with E-state index in [-0.39, 0.29) is 11.7 Å². The summed E-state index contributed by atoms with van der Waals surface area (Å²) in [6.45, 7) is 0. The van der Waals surface area contributed by atoms with Gasteiger partial charge in [-0.25, -0.2) is 9.66 Å². The lowest BCUT2D eigenvalue weighted by Crippen LogP contribution is -2.17. The molecule has 0 aliphatic rings. The number of carbonyl (C=O) groups is 1. The molecule has 0 spiro atoms. The number of hydrogen-bond donors (Lipinski definition) is 3. The number of nitrogens with one attached hydrogen (secondary N) is 2. The van der Waals surface area contributed by atoms with E-state index in [0.29, 0.717) is 27.5 Å². The van der Waals surface area contributed by atoms with Crippen LogP contribution >= 0.6 is 39.3 Å². The highest BCUT2D eigenvalue weighted by Crippen LogP contribution is 2.25. The number of amides is 1. The Morgan fingerprint density at radius 1 is 1.23 bits per heavy atom. The van der Waals surface area contributed by atoms with Crippen LogP contribution in [-0.4, -0.2) is 41.7 Å². The minimum absolute atomic E-state index is 0.103. The molecule has 0 radical (unpaired) electrons. The lowest BCUT2D eigenvalue weighted by molar-refractivity contribution is -0.113. The van der Waals surface area contributed by atoms with Crippen molar-refractivity contribution in [2.45, 2.75) is 5.16 Å². The number of benzene rings is 1. The molecule has 0 saturated heterocycles. The number of aromatic nitrogens is 6. The summed E-state index contributed by atoms with van der Waals surface area (Å²) in [4.78, 5) is 16.2. The third-order valence-electron chi connectivity index (χ3n) is 3.95. The van der Waals surface area contributed by atoms with Crippen LogP contribution in [0.5, 0.6) is 0 Å². The topological polar surface area (TPSA) is 127 Å². The summed E-state index contributed by atoms with van der Waals surface area (Å²) in [5.41, 5.74) is 2.23. The van der Waals surface area contributed by atoms with E-state index in [1.807, 2.05) is 18.2 Å². The Balaban J connectivity index is 1.42. The molecule has 1 amide bonds. The number of rotatable bonds is 6. The van der Waals surface area contributed by atoms with Crippen LogP contribution < -0.4 is 11.2 Å². The molecule has 0 saturated carbocycles. The van der Waals surface area contributed by atoms with E-state index >= 15 is 0 Å². The van der Waals surface area contributed by atoms with Gasteiger partial charge in [0.2, 0.25) is 16.9 Å². The number of nitrogen functional groups attached to an aromatic ring is 1. The van der Waals surface area contributed by atoms with Gasteiger partial charge in [-0.05, 0) is 46.3 Å². The Morgan fingerprint density at radius 3 is 2.77 bits per heavy atom. The van der Waals surface area contributed by atoms with E-state index in [2.05, 4.69) is 46.6 Å². The van der Waals surface area contributed by atoms with Gasteiger partial charge in [-0.15, -0.1) is 10.2 Å². The van der Waals surface area contributed by atoms with Gasteiger partial charge < -0.3 is 11.2 Å². The van der Waals surface area contributed by atoms with Crippen molar-refractivity contribution in [1.29, 1.82) is 0 Å². The van der Waals surface area contributed by atoms with Crippen LogP contribution in [0.25, 0.3) is 22.8 Å². The van der Waals surface area contributed by atoms with Crippen molar-refractivity contribution in [3.8, 4) is 22.8 Å². The minimum Gasteiger partial charge on any atom is -0.335 e. The summed E-state index contributed by atoms with van der Waals surface area (Å²) >= 11 is 10.4. The summed E-state index contributed by atoms with van der Waals surface area (Å²) in [6.07, 6.45) is 1.61. The van der Waals surface area contributed by atoms with Gasteiger partial charge in [0.1, 0.15) is 11.5 Å². The number of pyridine rings is 1. The van der Waals surface area contributed by atoms with E-state index in [0.717, 1.165) is 27.5 Å². The highest BCUT2D eigenvalue weighted by molar-refractivity contribution is 9.10. The number of hydrogen-bond acceptors (Lipinski definition) is 7. The van der Waals surface area contributed by atoms with Crippen LogP contribution in [0, 0.1) is 0 Å². The Morgan fingerprint density at radius 2 is 2.03 bits per heavy atom. The van der Waals surface area contributed by atoms with E-state index in [4.69, 9.17) is 17.4 Å². The molecule has 0 aliphatic heterocycles. The summed E-state index contributed by atoms with van der Waals surface area (Å²) in [6, 6.07) is 12.6. The lowest BCUT2D eigenvalue weighted by atomic mass is 10.1. The van der Waals surface area contributed by atoms with Crippen molar-refractivity contribution in [3.05, 3.63) is 58.2 Å². The van der Waals surface area contributed by atoms with E-state index in [1.165, 1.54) is 4.68 Å². The highest BCUT2D eigenvalue weighted by Gasteiger charge is 2.16. The second-order valence-corrected chi connectivity index (χ2v) is 8.34. The Hall–Kier alpha value is -2.89. The van der Waals surface area contributed by atoms with Gasteiger partial charge in [0.25, 0.3) is 0 Å². The predicted octanol–water partition coefficient (Wildman–Crippen LogP) is 3.59. The first-order chi connectivity index (χ1) is 14.5. The molecule has 3 heterocycles. The van der Waals surface area contributed by atoms with Gasteiger partial charge in [-0.1, -0.05) is 35.5 Å². The van der Waals surface area contributed by atoms with Crippen LogP contribution in [-0.2, 0) is 4.79 Å². The fraction of sp³-hybridized carbons (Fsp3) is 0.0556. The van der Waals surface area contributed by atoms with Crippen molar-refractivity contribution in [1.82, 2.24) is 30.1 Å². The second-order valence-electron chi connectivity index (χ2n) is 6.05. The number of carbonyl (C=O) groups excluding carboxylic acids is 1. The summed E-state index contributed by atoms with van der Waals surface area (Å²) in [5, 5.41) is 19.1. The van der Waals surface area contributed by atoms with Gasteiger partial charge in [-0.2, -0.15) is 5.10 Å². The van der Waals surface area contributed by atoms with E-state index in [1.54, 1.807) is 30.5 Å². The normalized spacial score (nSPS) is 10.9. The quantitative estimate of drug-likeness (QED) is 0.270. The minimum atomic E-state index is -0.231. The molecule has 4 rings (SSSR count). The predicted molar refractivity (Wildman–Crippen MR) is 119 cm³/mol. The molecule has 0 fully saturated rings. The molecule has 0 atom stereocenters. The monoisotopic (exact) mass is 504 g/mol. The van der Waals surface area contributed by atoms with Gasteiger partial charge in [0, 0.05) is 21.3 Å². The largest absolute Gasteiger partial charge is 0.335 e. The van der Waals surface area contributed by atoms with Crippen LogP contribution in [0.4, 0.5) is 5.82 Å². The zero-order chi connectivity index (χ0) is 21.1. The zero-order valence-electron chi connectivity index (χ0n) is 15.2. The first-order valence-electron chi connectivity index (χ1n) is 8.56. The van der Waals surface area contributed by atoms with Gasteiger partial charge in [-0.3, -0.25) is 9.89 Å². The third kappa shape index (κ3) is 4.64. The lowest BCUT2D eigenvalue weighted by Gasteiger charge is -2.04. The average molecular weight is 506 g/mol. The van der Waals surface area contributed by atoms with E-state index < -0.39 is 0 Å². The van der Waals surface area contributed by atoms with E-state index in [9.17, 15) is 4.79 Å². The Bertz CT molecular complexity index is 1180. The molecule has 12 heteroatoms. The Kier molecular flexibility index (Phi) is 6.02. The SMILES string of the molecule is Nn1c(SCC(=O)Nc2ccc(Br)cn2)nnc1-c1cc(-c2ccc(Cl)cc2)n[nH]1. The summed E-state index contributed by atoms with van der Waals surface area (Å²) in [5.74, 6) is 6.85. The standard InChI is InChI=1S/C18H14BrClN8OS/c19-11-3-6-15(22-8-11)23-16(29)9-30-18-27-26-17(28(18)21)14-7-13(24-25-14)10-1-4-12(20)5-2-10/h1-8H,9,21H2,(H,24,25)(H,22,23,29). The molecular formula is C18H14BrClN8OS. The number of halogens is 2. The molecule has 1 aromatic carbocycles. The molecule has 0 unspecified atom stereocenters. The maximum atomic E-state index is 12.1. The number of nitrogens with two attached hydrogens (primary N) is 1. The van der Waals surface area contributed by atoms with Crippen molar-refractivity contribution in [2.75, 3.05) is 16.9 Å². The number of anilines is 1. The average Bonchev–Trinajstić information content (AvgIpc) is 3.35. The number of aromatic amines is 1. The smallest absolute Gasteiger partial charge is 0.236 e. The molecule has 152 valence electrons. The first-order valence-corrected chi connectivity index (χ1v) is 10.7. The second kappa shape index (κ2) is 8.86. The highest BCUT2D eigenvalue weighted by atomic mass is 79.9. The first kappa shape index (κ1) is 20.4. The van der Waals surface area contributed by atoms with Crippen LogP contribution in [0.15, 0.2) is 58.3 Å². The molecule has 4 N–H and O–H groups in total. The number of H-pyrrole nitrogens is 1. The van der Waals surface area contributed by atoms with Crippen LogP contribution in [0.3, 0.4) is 0 Å². The summed E-state index contributed by atoms with van der Waals surface area (Å²) < 4.78 is 2.14. The fourth-order valence-electron chi connectivity index (χ4n) is 2.52. The maximum Gasteiger partial charge on any atom is 0.236 e. The van der Waals surface area contributed by atoms with Gasteiger partial charge in [0.15, 0.2) is 0 Å². The number of nitrogens with zero attached hydrogens (tertiary/aromatic N) is 5. The molecule has 9 nitrogen and oxygen atoms in total.